The summed E-state index contributed by atoms with van der Waals surface area (Å²) < 4.78 is 40.6. The van der Waals surface area contributed by atoms with Crippen LogP contribution < -0.4 is 0 Å². The highest BCUT2D eigenvalue weighted by molar-refractivity contribution is 5.90. The Labute approximate surface area is 157 Å². The topological polar surface area (TPSA) is 88.2 Å². The summed E-state index contributed by atoms with van der Waals surface area (Å²) in [5.41, 5.74) is 0.764. The van der Waals surface area contributed by atoms with E-state index in [0.717, 1.165) is 6.07 Å². The summed E-state index contributed by atoms with van der Waals surface area (Å²) >= 11 is 0. The number of nitrogens with zero attached hydrogens (tertiary/aromatic N) is 3. The van der Waals surface area contributed by atoms with Crippen LogP contribution in [0.3, 0.4) is 0 Å². The molecule has 146 valence electrons. The minimum absolute atomic E-state index is 0.0698. The van der Waals surface area contributed by atoms with Crippen LogP contribution in [0.2, 0.25) is 0 Å². The number of hydrogen-bond acceptors (Lipinski definition) is 4. The lowest BCUT2D eigenvalue weighted by Gasteiger charge is -2.09. The number of halogens is 3. The molecule has 3 rings (SSSR count). The van der Waals surface area contributed by atoms with Crippen molar-refractivity contribution in [3.63, 3.8) is 0 Å². The van der Waals surface area contributed by atoms with Crippen molar-refractivity contribution in [2.75, 3.05) is 0 Å². The fourth-order valence-corrected chi connectivity index (χ4v) is 3.01. The van der Waals surface area contributed by atoms with E-state index < -0.39 is 30.4 Å². The van der Waals surface area contributed by atoms with Crippen molar-refractivity contribution in [2.45, 2.75) is 26.4 Å². The monoisotopic (exact) mass is 391 g/mol. The number of aromatic carboxylic acids is 1. The number of rotatable bonds is 6. The lowest BCUT2D eigenvalue weighted by molar-refractivity contribution is 0.0692. The van der Waals surface area contributed by atoms with Gasteiger partial charge in [-0.1, -0.05) is 0 Å². The van der Waals surface area contributed by atoms with Gasteiger partial charge in [0.2, 0.25) is 0 Å². The highest BCUT2D eigenvalue weighted by atomic mass is 19.3. The Hall–Kier alpha value is -3.20. The van der Waals surface area contributed by atoms with Crippen LogP contribution in [0.25, 0.3) is 5.82 Å². The van der Waals surface area contributed by atoms with E-state index in [1.165, 1.54) is 29.9 Å². The third-order valence-electron chi connectivity index (χ3n) is 4.19. The fourth-order valence-electron chi connectivity index (χ4n) is 3.01. The Morgan fingerprint density at radius 1 is 1.21 bits per heavy atom. The highest BCUT2D eigenvalue weighted by Crippen LogP contribution is 2.23. The molecule has 2 N–H and O–H groups in total. The molecule has 9 heteroatoms. The molecule has 0 fully saturated rings. The molecule has 0 atom stereocenters. The van der Waals surface area contributed by atoms with Crippen LogP contribution in [-0.4, -0.2) is 30.9 Å². The zero-order valence-electron chi connectivity index (χ0n) is 14.7. The van der Waals surface area contributed by atoms with E-state index in [2.05, 4.69) is 10.1 Å². The summed E-state index contributed by atoms with van der Waals surface area (Å²) in [6, 6.07) is 6.40. The number of hydrogen-bond donors (Lipinski definition) is 2. The van der Waals surface area contributed by atoms with E-state index in [4.69, 9.17) is 0 Å². The van der Waals surface area contributed by atoms with Crippen molar-refractivity contribution in [3.05, 3.63) is 76.0 Å². The average molecular weight is 391 g/mol. The number of alkyl halides is 2. The molecule has 6 nitrogen and oxygen atoms in total. The standard InChI is InChI=1S/C19H16F3N3O3/c1-10-17(19(27)28)15(9-26)25(24-10)16-7-11(2-3-23-16)4-12-5-13(18(21)22)8-14(20)6-12/h2-3,5-8,18,26H,4,9H2,1H3,(H,27,28). The van der Waals surface area contributed by atoms with E-state index in [1.807, 2.05) is 0 Å². The van der Waals surface area contributed by atoms with Gasteiger partial charge >= 0.3 is 5.97 Å². The molecule has 28 heavy (non-hydrogen) atoms. The maximum atomic E-state index is 13.6. The predicted octanol–water partition coefficient (Wildman–Crippen LogP) is 3.43. The number of carboxylic acid groups (broad SMARTS) is 1. The Morgan fingerprint density at radius 2 is 1.96 bits per heavy atom. The SMILES string of the molecule is Cc1nn(-c2cc(Cc3cc(F)cc(C(F)F)c3)ccn2)c(CO)c1C(=O)O. The number of aryl methyl sites for hydroxylation is 1. The Balaban J connectivity index is 1.98. The minimum Gasteiger partial charge on any atom is -0.478 e. The first-order valence-electron chi connectivity index (χ1n) is 8.25. The van der Waals surface area contributed by atoms with Crippen molar-refractivity contribution in [1.82, 2.24) is 14.8 Å². The van der Waals surface area contributed by atoms with Gasteiger partial charge in [-0.2, -0.15) is 5.10 Å². The summed E-state index contributed by atoms with van der Waals surface area (Å²) in [7, 11) is 0. The lowest BCUT2D eigenvalue weighted by atomic mass is 10.0. The molecule has 0 aliphatic rings. The number of carboxylic acids is 1. The van der Waals surface area contributed by atoms with Crippen LogP contribution in [-0.2, 0) is 13.0 Å². The molecule has 0 amide bonds. The molecule has 3 aromatic rings. The lowest BCUT2D eigenvalue weighted by Crippen LogP contribution is -2.08. The number of aliphatic hydroxyl groups excluding tert-OH is 1. The first-order valence-corrected chi connectivity index (χ1v) is 8.25. The van der Waals surface area contributed by atoms with Gasteiger partial charge in [0.15, 0.2) is 5.82 Å². The minimum atomic E-state index is -2.78. The molecule has 0 aliphatic heterocycles. The van der Waals surface area contributed by atoms with Gasteiger partial charge in [0, 0.05) is 11.8 Å². The summed E-state index contributed by atoms with van der Waals surface area (Å²) in [5, 5.41) is 23.0. The number of aliphatic hydroxyl groups is 1. The van der Waals surface area contributed by atoms with Crippen molar-refractivity contribution in [3.8, 4) is 5.82 Å². The molecule has 0 bridgehead atoms. The molecule has 0 unspecified atom stereocenters. The van der Waals surface area contributed by atoms with Crippen LogP contribution in [0.5, 0.6) is 0 Å². The summed E-state index contributed by atoms with van der Waals surface area (Å²) in [4.78, 5) is 15.5. The van der Waals surface area contributed by atoms with Crippen LogP contribution in [0.4, 0.5) is 13.2 Å². The molecular formula is C19H16F3N3O3. The second-order valence-corrected chi connectivity index (χ2v) is 6.17. The number of pyridine rings is 1. The Bertz CT molecular complexity index is 1030. The first-order chi connectivity index (χ1) is 13.3. The van der Waals surface area contributed by atoms with E-state index >= 15 is 0 Å². The zero-order chi connectivity index (χ0) is 20.4. The molecule has 1 aromatic carbocycles. The van der Waals surface area contributed by atoms with E-state index in [-0.39, 0.29) is 29.2 Å². The van der Waals surface area contributed by atoms with Gasteiger partial charge in [0.1, 0.15) is 11.4 Å². The van der Waals surface area contributed by atoms with Crippen LogP contribution in [0.1, 0.15) is 44.9 Å². The number of carbonyl (C=O) groups is 1. The second kappa shape index (κ2) is 7.81. The van der Waals surface area contributed by atoms with Crippen molar-refractivity contribution in [1.29, 1.82) is 0 Å². The maximum Gasteiger partial charge on any atom is 0.339 e. The average Bonchev–Trinajstić information content (AvgIpc) is 2.98. The van der Waals surface area contributed by atoms with Gasteiger partial charge in [-0.05, 0) is 54.8 Å². The van der Waals surface area contributed by atoms with Gasteiger partial charge in [-0.15, -0.1) is 0 Å². The summed E-state index contributed by atoms with van der Waals surface area (Å²) in [6.07, 6.45) is -1.18. The summed E-state index contributed by atoms with van der Waals surface area (Å²) in [5.74, 6) is -1.72. The smallest absolute Gasteiger partial charge is 0.339 e. The highest BCUT2D eigenvalue weighted by Gasteiger charge is 2.22. The zero-order valence-corrected chi connectivity index (χ0v) is 14.7. The van der Waals surface area contributed by atoms with Gasteiger partial charge < -0.3 is 10.2 Å². The molecule has 0 aliphatic carbocycles. The molecule has 2 aromatic heterocycles. The predicted molar refractivity (Wildman–Crippen MR) is 93.1 cm³/mol. The third kappa shape index (κ3) is 3.89. The second-order valence-electron chi connectivity index (χ2n) is 6.17. The number of benzene rings is 1. The Kier molecular flexibility index (Phi) is 5.46. The van der Waals surface area contributed by atoms with Gasteiger partial charge in [0.25, 0.3) is 6.43 Å². The number of aromatic nitrogens is 3. The van der Waals surface area contributed by atoms with Crippen molar-refractivity contribution >= 4 is 5.97 Å². The largest absolute Gasteiger partial charge is 0.478 e. The molecule has 0 spiro atoms. The van der Waals surface area contributed by atoms with Gasteiger partial charge in [-0.3, -0.25) is 0 Å². The quantitative estimate of drug-likeness (QED) is 0.672. The van der Waals surface area contributed by atoms with Crippen LogP contribution >= 0.6 is 0 Å². The third-order valence-corrected chi connectivity index (χ3v) is 4.19. The van der Waals surface area contributed by atoms with E-state index in [9.17, 15) is 28.2 Å². The molecular weight excluding hydrogens is 375 g/mol. The van der Waals surface area contributed by atoms with Crippen LogP contribution in [0, 0.1) is 12.7 Å². The summed E-state index contributed by atoms with van der Waals surface area (Å²) in [6.45, 7) is 0.942. The molecule has 0 saturated carbocycles. The van der Waals surface area contributed by atoms with Crippen LogP contribution in [0.15, 0.2) is 36.5 Å². The van der Waals surface area contributed by atoms with Crippen molar-refractivity contribution < 1.29 is 28.2 Å². The first kappa shape index (κ1) is 19.6. The van der Waals surface area contributed by atoms with E-state index in [0.29, 0.717) is 11.1 Å². The molecule has 2 heterocycles. The van der Waals surface area contributed by atoms with Gasteiger partial charge in [0.05, 0.1) is 18.0 Å². The Morgan fingerprint density at radius 3 is 2.61 bits per heavy atom. The van der Waals surface area contributed by atoms with Crippen molar-refractivity contribution in [2.24, 2.45) is 0 Å². The fraction of sp³-hybridized carbons (Fsp3) is 0.211. The molecule has 0 radical (unpaired) electrons. The van der Waals surface area contributed by atoms with Gasteiger partial charge in [-0.25, -0.2) is 27.6 Å². The maximum absolute atomic E-state index is 13.6. The van der Waals surface area contributed by atoms with E-state index in [1.54, 1.807) is 12.1 Å². The normalized spacial score (nSPS) is 11.2. The molecule has 0 saturated heterocycles.